The van der Waals surface area contributed by atoms with Crippen LogP contribution < -0.4 is 0 Å². The van der Waals surface area contributed by atoms with Gasteiger partial charge in [-0.3, -0.25) is 9.80 Å². The smallest absolute Gasteiger partial charge is 0.0793 e. The van der Waals surface area contributed by atoms with Gasteiger partial charge >= 0.3 is 0 Å². The van der Waals surface area contributed by atoms with Crippen molar-refractivity contribution in [2.24, 2.45) is 0 Å². The Morgan fingerprint density at radius 2 is 1.50 bits per heavy atom. The Bertz CT molecular complexity index is 637. The van der Waals surface area contributed by atoms with Gasteiger partial charge in [-0.25, -0.2) is 0 Å². The van der Waals surface area contributed by atoms with Gasteiger partial charge in [0.1, 0.15) is 0 Å². The van der Waals surface area contributed by atoms with Crippen molar-refractivity contribution in [1.29, 1.82) is 0 Å². The molecule has 2 rings (SSSR count). The predicted octanol–water partition coefficient (Wildman–Crippen LogP) is 3.92. The topological polar surface area (TPSA) is 26.7 Å². The number of aliphatic hydroxyl groups excluding tert-OH is 1. The second-order valence-corrected chi connectivity index (χ2v) is 7.03. The summed E-state index contributed by atoms with van der Waals surface area (Å²) in [6, 6.07) is 15.9. The second-order valence-electron chi connectivity index (χ2n) is 6.25. The number of aliphatic hydroxyl groups is 1. The first-order valence-corrected chi connectivity index (χ1v) is 8.73. The second kappa shape index (κ2) is 9.40. The van der Waals surface area contributed by atoms with Gasteiger partial charge in [0.25, 0.3) is 0 Å². The lowest BCUT2D eigenvalue weighted by Gasteiger charge is -2.25. The molecular weight excluding hydrogens is 343 g/mol. The van der Waals surface area contributed by atoms with Crippen LogP contribution >= 0.6 is 23.2 Å². The minimum atomic E-state index is -0.429. The molecule has 24 heavy (non-hydrogen) atoms. The normalized spacial score (nSPS) is 12.8. The molecule has 0 aliphatic rings. The van der Waals surface area contributed by atoms with Gasteiger partial charge in [-0.1, -0.05) is 65.7 Å². The first-order chi connectivity index (χ1) is 11.5. The summed E-state index contributed by atoms with van der Waals surface area (Å²) in [5.74, 6) is 0. The number of nitrogens with zero attached hydrogens (tertiary/aromatic N) is 2. The van der Waals surface area contributed by atoms with E-state index in [1.54, 1.807) is 6.07 Å². The molecule has 0 saturated heterocycles. The SMILES string of the molecule is CN(Cc1ccccc1)CC(O)CN(C)Cc1cccc(Cl)c1Cl. The third-order valence-electron chi connectivity index (χ3n) is 3.81. The summed E-state index contributed by atoms with van der Waals surface area (Å²) in [5.41, 5.74) is 2.21. The molecule has 0 fully saturated rings. The first kappa shape index (κ1) is 19.2. The monoisotopic (exact) mass is 366 g/mol. The maximum atomic E-state index is 10.3. The van der Waals surface area contributed by atoms with Gasteiger partial charge in [-0.15, -0.1) is 0 Å². The molecule has 3 nitrogen and oxygen atoms in total. The highest BCUT2D eigenvalue weighted by Gasteiger charge is 2.13. The molecule has 0 aliphatic carbocycles. The molecule has 5 heteroatoms. The van der Waals surface area contributed by atoms with Crippen LogP contribution in [0.25, 0.3) is 0 Å². The number of rotatable bonds is 8. The van der Waals surface area contributed by atoms with Gasteiger partial charge in [0.2, 0.25) is 0 Å². The Hall–Kier alpha value is -1.10. The third-order valence-corrected chi connectivity index (χ3v) is 4.67. The van der Waals surface area contributed by atoms with E-state index in [4.69, 9.17) is 23.2 Å². The van der Waals surface area contributed by atoms with Crippen LogP contribution in [0.5, 0.6) is 0 Å². The molecule has 1 atom stereocenters. The highest BCUT2D eigenvalue weighted by molar-refractivity contribution is 6.42. The number of benzene rings is 2. The van der Waals surface area contributed by atoms with Crippen molar-refractivity contribution in [1.82, 2.24) is 9.80 Å². The molecule has 0 saturated carbocycles. The van der Waals surface area contributed by atoms with E-state index in [2.05, 4.69) is 21.9 Å². The van der Waals surface area contributed by atoms with E-state index in [-0.39, 0.29) is 0 Å². The fourth-order valence-corrected chi connectivity index (χ4v) is 3.14. The maximum absolute atomic E-state index is 10.3. The van der Waals surface area contributed by atoms with Gasteiger partial charge in [0, 0.05) is 26.2 Å². The average molecular weight is 367 g/mol. The summed E-state index contributed by atoms with van der Waals surface area (Å²) in [5, 5.41) is 11.5. The van der Waals surface area contributed by atoms with Crippen molar-refractivity contribution in [2.45, 2.75) is 19.2 Å². The van der Waals surface area contributed by atoms with Gasteiger partial charge in [-0.2, -0.15) is 0 Å². The van der Waals surface area contributed by atoms with Crippen LogP contribution in [0.15, 0.2) is 48.5 Å². The minimum absolute atomic E-state index is 0.429. The van der Waals surface area contributed by atoms with Crippen molar-refractivity contribution in [3.8, 4) is 0 Å². The van der Waals surface area contributed by atoms with Gasteiger partial charge in [0.15, 0.2) is 0 Å². The predicted molar refractivity (Wildman–Crippen MR) is 102 cm³/mol. The van der Waals surface area contributed by atoms with Crippen molar-refractivity contribution in [2.75, 3.05) is 27.2 Å². The lowest BCUT2D eigenvalue weighted by atomic mass is 10.2. The molecule has 2 aromatic rings. The lowest BCUT2D eigenvalue weighted by Crippen LogP contribution is -2.37. The van der Waals surface area contributed by atoms with Crippen LogP contribution in [0, 0.1) is 0 Å². The molecule has 130 valence electrons. The first-order valence-electron chi connectivity index (χ1n) is 7.97. The number of hydrogen-bond acceptors (Lipinski definition) is 3. The summed E-state index contributed by atoms with van der Waals surface area (Å²) >= 11 is 12.3. The zero-order valence-electron chi connectivity index (χ0n) is 14.1. The standard InChI is InChI=1S/C19H24Cl2N2O/c1-22(11-15-7-4-3-5-8-15)13-17(24)14-23(2)12-16-9-6-10-18(20)19(16)21/h3-10,17,24H,11-14H2,1-2H3. The van der Waals surface area contributed by atoms with E-state index in [1.807, 2.05) is 44.4 Å². The molecule has 0 aliphatic heterocycles. The Balaban J connectivity index is 1.80. The van der Waals surface area contributed by atoms with Crippen LogP contribution in [0.3, 0.4) is 0 Å². The van der Waals surface area contributed by atoms with Crippen LogP contribution in [-0.2, 0) is 13.1 Å². The summed E-state index contributed by atoms with van der Waals surface area (Å²) in [6.07, 6.45) is -0.429. The van der Waals surface area contributed by atoms with Crippen molar-refractivity contribution < 1.29 is 5.11 Å². The molecule has 1 unspecified atom stereocenters. The van der Waals surface area contributed by atoms with Gasteiger partial charge in [-0.05, 0) is 31.3 Å². The van der Waals surface area contributed by atoms with Crippen LogP contribution in [0.2, 0.25) is 10.0 Å². The molecule has 2 aromatic carbocycles. The van der Waals surface area contributed by atoms with E-state index in [0.717, 1.165) is 12.1 Å². The van der Waals surface area contributed by atoms with Crippen molar-refractivity contribution in [3.05, 3.63) is 69.7 Å². The van der Waals surface area contributed by atoms with E-state index in [0.29, 0.717) is 29.7 Å². The van der Waals surface area contributed by atoms with E-state index in [9.17, 15) is 5.11 Å². The number of likely N-dealkylation sites (N-methyl/N-ethyl adjacent to an activating group) is 2. The Morgan fingerprint density at radius 1 is 0.875 bits per heavy atom. The molecule has 0 heterocycles. The van der Waals surface area contributed by atoms with Crippen LogP contribution in [-0.4, -0.2) is 48.2 Å². The Morgan fingerprint density at radius 3 is 2.17 bits per heavy atom. The molecular formula is C19H24Cl2N2O. The van der Waals surface area contributed by atoms with E-state index in [1.165, 1.54) is 5.56 Å². The molecule has 0 amide bonds. The molecule has 0 radical (unpaired) electrons. The average Bonchev–Trinajstić information content (AvgIpc) is 2.52. The fourth-order valence-electron chi connectivity index (χ4n) is 2.76. The summed E-state index contributed by atoms with van der Waals surface area (Å²) in [4.78, 5) is 4.18. The lowest BCUT2D eigenvalue weighted by molar-refractivity contribution is 0.0868. The van der Waals surface area contributed by atoms with Crippen LogP contribution in [0.4, 0.5) is 0 Å². The third kappa shape index (κ3) is 6.08. The molecule has 1 N–H and O–H groups in total. The van der Waals surface area contributed by atoms with Gasteiger partial charge in [0.05, 0.1) is 16.1 Å². The Labute approximate surface area is 154 Å². The number of hydrogen-bond donors (Lipinski definition) is 1. The largest absolute Gasteiger partial charge is 0.390 e. The summed E-state index contributed by atoms with van der Waals surface area (Å²) in [6.45, 7) is 2.66. The summed E-state index contributed by atoms with van der Waals surface area (Å²) in [7, 11) is 3.99. The molecule has 0 spiro atoms. The zero-order valence-corrected chi connectivity index (χ0v) is 15.6. The molecule has 0 bridgehead atoms. The fraction of sp³-hybridized carbons (Fsp3) is 0.368. The van der Waals surface area contributed by atoms with E-state index >= 15 is 0 Å². The zero-order chi connectivity index (χ0) is 17.5. The quantitative estimate of drug-likeness (QED) is 0.766. The maximum Gasteiger partial charge on any atom is 0.0793 e. The highest BCUT2D eigenvalue weighted by Crippen LogP contribution is 2.26. The minimum Gasteiger partial charge on any atom is -0.390 e. The Kier molecular flexibility index (Phi) is 7.53. The van der Waals surface area contributed by atoms with Crippen molar-refractivity contribution >= 4 is 23.2 Å². The van der Waals surface area contributed by atoms with Crippen molar-refractivity contribution in [3.63, 3.8) is 0 Å². The highest BCUT2D eigenvalue weighted by atomic mass is 35.5. The molecule has 0 aromatic heterocycles. The number of halogens is 2. The van der Waals surface area contributed by atoms with Crippen LogP contribution in [0.1, 0.15) is 11.1 Å². The summed E-state index contributed by atoms with van der Waals surface area (Å²) < 4.78 is 0. The van der Waals surface area contributed by atoms with E-state index < -0.39 is 6.10 Å². The van der Waals surface area contributed by atoms with Gasteiger partial charge < -0.3 is 5.11 Å².